The van der Waals surface area contributed by atoms with Crippen LogP contribution in [0.3, 0.4) is 0 Å². The van der Waals surface area contributed by atoms with Gasteiger partial charge in [0.25, 0.3) is 0 Å². The molecule has 3 aliphatic heterocycles. The van der Waals surface area contributed by atoms with E-state index in [2.05, 4.69) is 47.1 Å². The van der Waals surface area contributed by atoms with Crippen molar-refractivity contribution in [2.24, 2.45) is 5.92 Å². The molecule has 0 saturated carbocycles. The van der Waals surface area contributed by atoms with Crippen molar-refractivity contribution < 1.29 is 14.4 Å². The zero-order valence-electron chi connectivity index (χ0n) is 27.9. The summed E-state index contributed by atoms with van der Waals surface area (Å²) in [5.74, 6) is -0.0259. The topological polar surface area (TPSA) is 150 Å². The average molecular weight is 811 g/mol. The van der Waals surface area contributed by atoms with E-state index in [0.717, 1.165) is 53.4 Å². The van der Waals surface area contributed by atoms with Gasteiger partial charge in [0, 0.05) is 72.0 Å². The van der Waals surface area contributed by atoms with Crippen LogP contribution in [0.5, 0.6) is 0 Å². The number of anilines is 1. The number of benzene rings is 2. The second-order valence-corrected chi connectivity index (χ2v) is 15.4. The van der Waals surface area contributed by atoms with Crippen LogP contribution in [0, 0.1) is 5.92 Å². The lowest BCUT2D eigenvalue weighted by Gasteiger charge is -2.37. The summed E-state index contributed by atoms with van der Waals surface area (Å²) in [6.07, 6.45) is 7.69. The van der Waals surface area contributed by atoms with Crippen LogP contribution in [-0.2, 0) is 16.0 Å². The lowest BCUT2D eigenvalue weighted by Crippen LogP contribution is -2.56. The van der Waals surface area contributed by atoms with E-state index in [1.54, 1.807) is 20.6 Å². The first-order chi connectivity index (χ1) is 24.2. The van der Waals surface area contributed by atoms with Gasteiger partial charge in [0.15, 0.2) is 0 Å². The van der Waals surface area contributed by atoms with Gasteiger partial charge in [-0.2, -0.15) is 0 Å². The third-order valence-electron chi connectivity index (χ3n) is 10.6. The number of fused-ring (bicyclic) bond motifs is 3. The molecule has 0 radical (unpaired) electrons. The van der Waals surface area contributed by atoms with Crippen LogP contribution >= 0.6 is 31.9 Å². The molecular formula is C36H42Br2N8O4. The first-order valence-corrected chi connectivity index (χ1v) is 19.1. The molecule has 4 amide bonds. The number of nitrogens with zero attached hydrogens (tertiary/aromatic N) is 5. The summed E-state index contributed by atoms with van der Waals surface area (Å²) in [5, 5.41) is 3.95. The van der Waals surface area contributed by atoms with Gasteiger partial charge in [-0.15, -0.1) is 0 Å². The number of imidazole rings is 1. The Labute approximate surface area is 307 Å². The highest BCUT2D eigenvalue weighted by Crippen LogP contribution is 2.31. The first-order valence-electron chi connectivity index (χ1n) is 17.5. The maximum atomic E-state index is 14.1. The van der Waals surface area contributed by atoms with Crippen LogP contribution in [0.4, 0.5) is 10.5 Å². The van der Waals surface area contributed by atoms with Crippen molar-refractivity contribution in [3.8, 4) is 0 Å². The van der Waals surface area contributed by atoms with Gasteiger partial charge >= 0.3 is 11.7 Å². The number of nitrogens with one attached hydrogen (secondary N) is 2. The fraction of sp³-hybridized carbons (Fsp3) is 0.472. The number of aromatic nitrogens is 3. The van der Waals surface area contributed by atoms with Crippen molar-refractivity contribution in [3.05, 3.63) is 67.6 Å². The second kappa shape index (κ2) is 14.7. The molecule has 0 unspecified atom stereocenters. The number of likely N-dealkylation sites (tertiary alicyclic amines) is 3. The summed E-state index contributed by atoms with van der Waals surface area (Å²) in [5.41, 5.74) is 9.68. The number of amides is 4. The maximum Gasteiger partial charge on any atom is 0.326 e. The molecule has 4 aromatic rings. The van der Waals surface area contributed by atoms with Gasteiger partial charge in [-0.25, -0.2) is 9.59 Å². The number of pyridine rings is 1. The Hall–Kier alpha value is -3.91. The van der Waals surface area contributed by atoms with E-state index in [4.69, 9.17) is 5.73 Å². The van der Waals surface area contributed by atoms with Crippen LogP contribution in [0.2, 0.25) is 0 Å². The van der Waals surface area contributed by atoms with Crippen molar-refractivity contribution in [3.63, 3.8) is 0 Å². The number of rotatable bonds is 6. The monoisotopic (exact) mass is 808 g/mol. The minimum Gasteiger partial charge on any atom is -0.397 e. The Balaban J connectivity index is 1.03. The summed E-state index contributed by atoms with van der Waals surface area (Å²) in [6, 6.07) is 10.2. The molecule has 0 spiro atoms. The van der Waals surface area contributed by atoms with Crippen molar-refractivity contribution in [2.75, 3.05) is 45.0 Å². The summed E-state index contributed by atoms with van der Waals surface area (Å²) >= 11 is 7.02. The van der Waals surface area contributed by atoms with Gasteiger partial charge in [-0.05, 0) is 101 Å². The quantitative estimate of drug-likeness (QED) is 0.228. The molecular weight excluding hydrogens is 768 g/mol. The molecule has 5 heterocycles. The van der Waals surface area contributed by atoms with Gasteiger partial charge in [0.2, 0.25) is 11.8 Å². The van der Waals surface area contributed by atoms with Gasteiger partial charge in [0.05, 0.1) is 28.4 Å². The number of H-pyrrole nitrogens is 1. The molecule has 1 atom stereocenters. The molecule has 7 rings (SSSR count). The lowest BCUT2D eigenvalue weighted by atomic mass is 9.93. The Morgan fingerprint density at radius 2 is 1.56 bits per heavy atom. The fourth-order valence-corrected chi connectivity index (χ4v) is 9.06. The molecule has 3 saturated heterocycles. The molecule has 12 nitrogen and oxygen atoms in total. The minimum absolute atomic E-state index is 0.0744. The molecule has 4 N–H and O–H groups in total. The number of urea groups is 1. The van der Waals surface area contributed by atoms with E-state index in [1.165, 1.54) is 6.42 Å². The number of nitrogens with two attached hydrogens (primary N) is 1. The number of carbonyl (C=O) groups excluding carboxylic acids is 3. The highest BCUT2D eigenvalue weighted by atomic mass is 79.9. The number of aromatic amines is 1. The van der Waals surface area contributed by atoms with Gasteiger partial charge in [-0.1, -0.05) is 18.2 Å². The zero-order chi connectivity index (χ0) is 34.9. The fourth-order valence-electron chi connectivity index (χ4n) is 7.78. The summed E-state index contributed by atoms with van der Waals surface area (Å²) in [4.78, 5) is 67.3. The molecule has 2 aromatic heterocycles. The minimum atomic E-state index is -0.812. The van der Waals surface area contributed by atoms with E-state index in [-0.39, 0.29) is 41.9 Å². The number of nitrogen functional groups attached to an aromatic ring is 1. The third-order valence-corrected chi connectivity index (χ3v) is 11.9. The van der Waals surface area contributed by atoms with Crippen molar-refractivity contribution in [1.82, 2.24) is 34.6 Å². The molecule has 2 aromatic carbocycles. The number of para-hydroxylation sites is 1. The predicted molar refractivity (Wildman–Crippen MR) is 200 cm³/mol. The van der Waals surface area contributed by atoms with Gasteiger partial charge < -0.3 is 30.7 Å². The third kappa shape index (κ3) is 7.01. The highest BCUT2D eigenvalue weighted by Gasteiger charge is 2.35. The number of piperidine rings is 3. The first kappa shape index (κ1) is 34.5. The van der Waals surface area contributed by atoms with E-state index < -0.39 is 6.04 Å². The van der Waals surface area contributed by atoms with E-state index in [0.29, 0.717) is 66.5 Å². The number of hydrogen-bond donors (Lipinski definition) is 3. The standard InChI is InChI=1S/C36H42Br2N8O4/c37-26-18-22(19-27(38)31(26)39)20-29(34(48)44-14-8-23(9-15-44)33(47)43-12-4-1-5-13-43)41-35(49)45-16-10-24(11-17-45)46-30-21-40-28-7-3-2-6-25(28)32(30)42-36(46)50/h2-3,6-7,18-19,21,23-24,29H,1,4-5,8-17,20,39H2,(H,41,49)(H,42,50)/t29-/m0/s1. The Kier molecular flexibility index (Phi) is 10.2. The van der Waals surface area contributed by atoms with Crippen LogP contribution in [0.1, 0.15) is 56.6 Å². The normalized spacial score (nSPS) is 18.5. The number of hydrogen-bond acceptors (Lipinski definition) is 6. The van der Waals surface area contributed by atoms with Crippen molar-refractivity contribution >= 4 is 77.3 Å². The predicted octanol–water partition coefficient (Wildman–Crippen LogP) is 5.19. The van der Waals surface area contributed by atoms with Crippen LogP contribution < -0.4 is 16.7 Å². The second-order valence-electron chi connectivity index (χ2n) is 13.7. The smallest absolute Gasteiger partial charge is 0.326 e. The van der Waals surface area contributed by atoms with Crippen LogP contribution in [0.25, 0.3) is 21.9 Å². The average Bonchev–Trinajstić information content (AvgIpc) is 3.49. The summed E-state index contributed by atoms with van der Waals surface area (Å²) < 4.78 is 3.18. The molecule has 264 valence electrons. The largest absolute Gasteiger partial charge is 0.397 e. The van der Waals surface area contributed by atoms with Crippen LogP contribution in [-0.4, -0.2) is 92.4 Å². The zero-order valence-corrected chi connectivity index (χ0v) is 31.0. The Morgan fingerprint density at radius 1 is 0.900 bits per heavy atom. The molecule has 50 heavy (non-hydrogen) atoms. The van der Waals surface area contributed by atoms with E-state index in [9.17, 15) is 19.2 Å². The molecule has 0 bridgehead atoms. The molecule has 14 heteroatoms. The Morgan fingerprint density at radius 3 is 2.26 bits per heavy atom. The lowest BCUT2D eigenvalue weighted by molar-refractivity contribution is -0.142. The van der Waals surface area contributed by atoms with Crippen LogP contribution in [0.15, 0.2) is 56.3 Å². The van der Waals surface area contributed by atoms with Crippen molar-refractivity contribution in [1.29, 1.82) is 0 Å². The SMILES string of the molecule is Nc1c(Br)cc(C[C@H](NC(=O)N2CCC(n3c(=O)[nH]c4c5ccccc5ncc43)CC2)C(=O)N2CCC(C(=O)N3CCCCC3)CC2)cc1Br. The molecule has 0 aliphatic carbocycles. The number of carbonyl (C=O) groups is 3. The highest BCUT2D eigenvalue weighted by molar-refractivity contribution is 9.11. The maximum absolute atomic E-state index is 14.1. The van der Waals surface area contributed by atoms with Crippen molar-refractivity contribution in [2.45, 2.75) is 63.5 Å². The van der Waals surface area contributed by atoms with Gasteiger partial charge in [-0.3, -0.25) is 19.1 Å². The summed E-state index contributed by atoms with van der Waals surface area (Å²) in [7, 11) is 0. The summed E-state index contributed by atoms with van der Waals surface area (Å²) in [6.45, 7) is 3.45. The molecule has 3 fully saturated rings. The molecule has 3 aliphatic rings. The number of halogens is 2. The van der Waals surface area contributed by atoms with E-state index in [1.807, 2.05) is 41.3 Å². The van der Waals surface area contributed by atoms with Gasteiger partial charge in [0.1, 0.15) is 6.04 Å². The Bertz CT molecular complexity index is 1950. The van der Waals surface area contributed by atoms with E-state index >= 15 is 0 Å².